The first-order valence-corrected chi connectivity index (χ1v) is 17.4. The summed E-state index contributed by atoms with van der Waals surface area (Å²) in [5, 5.41) is 5.66. The van der Waals surface area contributed by atoms with Gasteiger partial charge in [0.25, 0.3) is 0 Å². The molecule has 0 saturated heterocycles. The Morgan fingerprint density at radius 2 is 1.85 bits per heavy atom. The first-order chi connectivity index (χ1) is 21.6. The fourth-order valence-corrected chi connectivity index (χ4v) is 6.80. The molecule has 1 heterocycles. The van der Waals surface area contributed by atoms with E-state index in [1.807, 2.05) is 12.1 Å². The SMILES string of the molecule is CC1CC=C(C[C@H](C(=O)N[C@@H](CCCCNC(=O)OCC(Cl)(Cl)Cl)C(N)=O)N(C)C(=O)[C@H](N)CC2=Cc3ccccc3CC2C)S1. The maximum atomic E-state index is 13.7. The third-order valence-corrected chi connectivity index (χ3v) is 9.64. The van der Waals surface area contributed by atoms with Gasteiger partial charge in [0, 0.05) is 25.3 Å². The number of benzene rings is 1. The minimum absolute atomic E-state index is 0.234. The number of nitrogens with two attached hydrogens (primary N) is 2. The largest absolute Gasteiger partial charge is 0.445 e. The molecule has 4 amide bonds. The Bertz CT molecular complexity index is 1320. The van der Waals surface area contributed by atoms with Gasteiger partial charge in [0.2, 0.25) is 21.5 Å². The van der Waals surface area contributed by atoms with Crippen molar-refractivity contribution in [3.8, 4) is 0 Å². The van der Waals surface area contributed by atoms with E-state index in [2.05, 4.69) is 48.8 Å². The van der Waals surface area contributed by atoms with Crippen LogP contribution >= 0.6 is 46.6 Å². The van der Waals surface area contributed by atoms with Crippen LogP contribution in [0.1, 0.15) is 63.5 Å². The average molecular weight is 717 g/mol. The monoisotopic (exact) mass is 715 g/mol. The zero-order valence-corrected chi connectivity index (χ0v) is 29.5. The minimum atomic E-state index is -1.71. The second-order valence-corrected chi connectivity index (χ2v) is 16.0. The Morgan fingerprint density at radius 1 is 1.13 bits per heavy atom. The van der Waals surface area contributed by atoms with Crippen molar-refractivity contribution in [1.82, 2.24) is 15.5 Å². The van der Waals surface area contributed by atoms with Crippen molar-refractivity contribution in [2.75, 3.05) is 20.2 Å². The van der Waals surface area contributed by atoms with Gasteiger partial charge in [0.15, 0.2) is 0 Å². The summed E-state index contributed by atoms with van der Waals surface area (Å²) in [6.07, 6.45) is 7.03. The second kappa shape index (κ2) is 17.6. The van der Waals surface area contributed by atoms with Crippen LogP contribution in [0.4, 0.5) is 4.79 Å². The van der Waals surface area contributed by atoms with Crippen LogP contribution in [0.15, 0.2) is 40.8 Å². The second-order valence-electron chi connectivity index (χ2n) is 11.9. The highest BCUT2D eigenvalue weighted by atomic mass is 35.6. The van der Waals surface area contributed by atoms with E-state index in [1.165, 1.54) is 10.5 Å². The van der Waals surface area contributed by atoms with E-state index in [-0.39, 0.29) is 24.8 Å². The molecule has 0 saturated carbocycles. The molecule has 1 aliphatic carbocycles. The first-order valence-electron chi connectivity index (χ1n) is 15.4. The fourth-order valence-electron chi connectivity index (χ4n) is 5.48. The van der Waals surface area contributed by atoms with E-state index in [1.54, 1.807) is 18.8 Å². The van der Waals surface area contributed by atoms with Crippen molar-refractivity contribution < 1.29 is 23.9 Å². The van der Waals surface area contributed by atoms with E-state index >= 15 is 0 Å². The summed E-state index contributed by atoms with van der Waals surface area (Å²) in [6, 6.07) is 5.48. The molecule has 14 heteroatoms. The molecule has 3 rings (SSSR count). The van der Waals surface area contributed by atoms with Crippen molar-refractivity contribution in [1.29, 1.82) is 0 Å². The van der Waals surface area contributed by atoms with Crippen molar-refractivity contribution in [3.63, 3.8) is 0 Å². The highest BCUT2D eigenvalue weighted by Crippen LogP contribution is 2.36. The quantitative estimate of drug-likeness (QED) is 0.149. The normalized spacial score (nSPS) is 19.5. The number of alkyl carbamates (subject to hydrolysis) is 1. The predicted molar refractivity (Wildman–Crippen MR) is 185 cm³/mol. The lowest BCUT2D eigenvalue weighted by Gasteiger charge is -2.32. The molecule has 0 bridgehead atoms. The van der Waals surface area contributed by atoms with E-state index in [9.17, 15) is 19.2 Å². The van der Waals surface area contributed by atoms with Crippen LogP contribution in [-0.4, -0.2) is 76.1 Å². The molecular formula is C32H44Cl3N5O5S. The van der Waals surface area contributed by atoms with Gasteiger partial charge in [0.05, 0.1) is 6.04 Å². The van der Waals surface area contributed by atoms with Crippen LogP contribution in [0.3, 0.4) is 0 Å². The predicted octanol–water partition coefficient (Wildman–Crippen LogP) is 4.84. The molecule has 254 valence electrons. The van der Waals surface area contributed by atoms with E-state index < -0.39 is 46.4 Å². The maximum absolute atomic E-state index is 13.7. The number of unbranched alkanes of at least 4 members (excludes halogenated alkanes) is 1. The van der Waals surface area contributed by atoms with Crippen molar-refractivity contribution in [3.05, 3.63) is 51.9 Å². The van der Waals surface area contributed by atoms with Gasteiger partial charge >= 0.3 is 6.09 Å². The summed E-state index contributed by atoms with van der Waals surface area (Å²) >= 11 is 18.4. The number of alkyl halides is 3. The lowest BCUT2D eigenvalue weighted by atomic mass is 9.82. The maximum Gasteiger partial charge on any atom is 0.407 e. The highest BCUT2D eigenvalue weighted by Gasteiger charge is 2.34. The molecule has 1 aromatic carbocycles. The third kappa shape index (κ3) is 12.0. The Kier molecular flexibility index (Phi) is 14.6. The van der Waals surface area contributed by atoms with Crippen LogP contribution in [0, 0.1) is 5.92 Å². The molecular weight excluding hydrogens is 673 g/mol. The van der Waals surface area contributed by atoms with Gasteiger partial charge in [-0.25, -0.2) is 4.79 Å². The molecule has 2 unspecified atom stereocenters. The van der Waals surface area contributed by atoms with E-state index in [4.69, 9.17) is 51.0 Å². The Hall–Kier alpha value is -2.44. The lowest BCUT2D eigenvalue weighted by Crippen LogP contribution is -2.55. The smallest absolute Gasteiger partial charge is 0.407 e. The van der Waals surface area contributed by atoms with Gasteiger partial charge in [-0.3, -0.25) is 14.4 Å². The number of nitrogens with one attached hydrogen (secondary N) is 2. The molecule has 0 fully saturated rings. The molecule has 46 heavy (non-hydrogen) atoms. The minimum Gasteiger partial charge on any atom is -0.445 e. The number of carbonyl (C=O) groups is 4. The fraction of sp³-hybridized carbons (Fsp3) is 0.562. The Labute approximate surface area is 290 Å². The van der Waals surface area contributed by atoms with Gasteiger partial charge in [0.1, 0.15) is 18.7 Å². The molecule has 5 atom stereocenters. The first kappa shape index (κ1) is 38.0. The summed E-state index contributed by atoms with van der Waals surface area (Å²) in [6.45, 7) is 4.06. The van der Waals surface area contributed by atoms with E-state index in [0.717, 1.165) is 28.9 Å². The molecule has 2 aliphatic rings. The molecule has 10 nitrogen and oxygen atoms in total. The number of allylic oxidation sites excluding steroid dienone is 1. The number of fused-ring (bicyclic) bond motifs is 1. The van der Waals surface area contributed by atoms with Crippen molar-refractivity contribution >= 4 is 76.5 Å². The zero-order chi connectivity index (χ0) is 34.0. The average Bonchev–Trinajstić information content (AvgIpc) is 3.41. The lowest BCUT2D eigenvalue weighted by molar-refractivity contribution is -0.140. The molecule has 6 N–H and O–H groups in total. The Morgan fingerprint density at radius 3 is 2.50 bits per heavy atom. The third-order valence-electron chi connectivity index (χ3n) is 8.09. The van der Waals surface area contributed by atoms with E-state index in [0.29, 0.717) is 30.9 Å². The number of rotatable bonds is 15. The summed E-state index contributed by atoms with van der Waals surface area (Å²) < 4.78 is 3.09. The number of hydrogen-bond acceptors (Lipinski definition) is 7. The van der Waals surface area contributed by atoms with Crippen LogP contribution in [0.2, 0.25) is 0 Å². The summed E-state index contributed by atoms with van der Waals surface area (Å²) in [5.74, 6) is -1.31. The van der Waals surface area contributed by atoms with Crippen LogP contribution in [0.5, 0.6) is 0 Å². The number of likely N-dealkylation sites (N-methyl/N-ethyl adjacent to an activating group) is 1. The van der Waals surface area contributed by atoms with Crippen molar-refractivity contribution in [2.24, 2.45) is 17.4 Å². The summed E-state index contributed by atoms with van der Waals surface area (Å²) in [4.78, 5) is 53.8. The van der Waals surface area contributed by atoms with Crippen LogP contribution < -0.4 is 22.1 Å². The number of carbonyl (C=O) groups excluding carboxylic acids is 4. The molecule has 1 aliphatic heterocycles. The van der Waals surface area contributed by atoms with Crippen molar-refractivity contribution in [2.45, 2.75) is 86.0 Å². The topological polar surface area (TPSA) is 157 Å². The van der Waals surface area contributed by atoms with Crippen LogP contribution in [0.25, 0.3) is 6.08 Å². The van der Waals surface area contributed by atoms with Gasteiger partial charge in [-0.15, -0.1) is 11.8 Å². The van der Waals surface area contributed by atoms with Gasteiger partial charge in [-0.1, -0.05) is 90.6 Å². The summed E-state index contributed by atoms with van der Waals surface area (Å²) in [5.41, 5.74) is 15.6. The highest BCUT2D eigenvalue weighted by molar-refractivity contribution is 8.03. The number of nitrogens with zero attached hydrogens (tertiary/aromatic N) is 1. The van der Waals surface area contributed by atoms with Crippen LogP contribution in [-0.2, 0) is 25.5 Å². The number of ether oxygens (including phenoxy) is 1. The molecule has 0 radical (unpaired) electrons. The number of thioether (sulfide) groups is 1. The Balaban J connectivity index is 1.62. The van der Waals surface area contributed by atoms with Gasteiger partial charge in [-0.05, 0) is 60.5 Å². The molecule has 0 spiro atoms. The molecule has 0 aromatic heterocycles. The van der Waals surface area contributed by atoms with Gasteiger partial charge in [-0.2, -0.15) is 0 Å². The number of halogens is 3. The standard InChI is InChI=1S/C32H44Cl3N5O5S/c1-19-14-21-8-4-5-9-22(21)15-23(19)16-25(36)30(43)40(3)27(17-24-12-11-20(2)46-24)29(42)39-26(28(37)41)10-6-7-13-38-31(44)45-18-32(33,34)35/h4-5,8-9,12,15,19-20,25-27H,6-7,10-11,13-14,16-18,36H2,1-3H3,(H2,37,41)(H,38,44)(H,39,42)/t19?,20?,25-,26+,27-/m1/s1. The zero-order valence-electron chi connectivity index (χ0n) is 26.4. The molecule has 1 aromatic rings. The summed E-state index contributed by atoms with van der Waals surface area (Å²) in [7, 11) is 1.58. The number of hydrogen-bond donors (Lipinski definition) is 4. The number of primary amides is 1. The number of amides is 4. The van der Waals surface area contributed by atoms with Gasteiger partial charge < -0.3 is 31.7 Å².